The molecule has 0 aromatic heterocycles. The second kappa shape index (κ2) is 3.49. The van der Waals surface area contributed by atoms with E-state index in [1.165, 1.54) is 42.5 Å². The molecule has 0 spiro atoms. The van der Waals surface area contributed by atoms with E-state index in [-0.39, 0.29) is 0 Å². The number of nitrogens with one attached hydrogen (secondary N) is 1. The standard InChI is InChI=1S/C11H13N3S/c12-7-15-14-6-4-8-1-2-10-9(11(8)14)3-5-13-10/h3,5,8,10,13H,1-2,4,6H2. The van der Waals surface area contributed by atoms with Gasteiger partial charge in [-0.2, -0.15) is 5.26 Å². The minimum Gasteiger partial charge on any atom is -0.384 e. The van der Waals surface area contributed by atoms with Crippen LogP contribution in [0.2, 0.25) is 0 Å². The fourth-order valence-corrected chi connectivity index (χ4v) is 3.52. The first kappa shape index (κ1) is 9.17. The third-order valence-corrected chi connectivity index (χ3v) is 4.20. The molecular formula is C11H13N3S. The first-order valence-corrected chi connectivity index (χ1v) is 6.17. The maximum Gasteiger partial charge on any atom is 0.156 e. The van der Waals surface area contributed by atoms with Crippen LogP contribution in [-0.2, 0) is 0 Å². The third-order valence-electron chi connectivity index (χ3n) is 3.52. The van der Waals surface area contributed by atoms with Crippen LogP contribution in [0.15, 0.2) is 23.5 Å². The van der Waals surface area contributed by atoms with E-state index < -0.39 is 0 Å². The normalized spacial score (nSPS) is 32.3. The molecule has 3 nitrogen and oxygen atoms in total. The smallest absolute Gasteiger partial charge is 0.156 e. The molecule has 1 saturated heterocycles. The fraction of sp³-hybridized carbons (Fsp3) is 0.545. The Morgan fingerprint density at radius 2 is 2.40 bits per heavy atom. The Balaban J connectivity index is 1.98. The molecule has 2 atom stereocenters. The van der Waals surface area contributed by atoms with Crippen LogP contribution in [0.4, 0.5) is 0 Å². The van der Waals surface area contributed by atoms with E-state index in [2.05, 4.69) is 21.1 Å². The molecule has 0 aromatic rings. The SMILES string of the molecule is N#CSN1CCC2CCC3NC=CC3=C21. The summed E-state index contributed by atoms with van der Waals surface area (Å²) in [5.74, 6) is 0.696. The number of hydrogen-bond donors (Lipinski definition) is 1. The number of nitriles is 1. The zero-order valence-electron chi connectivity index (χ0n) is 8.44. The first-order valence-electron chi connectivity index (χ1n) is 5.40. The van der Waals surface area contributed by atoms with Gasteiger partial charge in [0.1, 0.15) is 0 Å². The molecule has 3 aliphatic rings. The lowest BCUT2D eigenvalue weighted by Crippen LogP contribution is -2.29. The van der Waals surface area contributed by atoms with Crippen LogP contribution in [-0.4, -0.2) is 16.9 Å². The van der Waals surface area contributed by atoms with Crippen molar-refractivity contribution >= 4 is 11.9 Å². The van der Waals surface area contributed by atoms with Crippen molar-refractivity contribution in [3.63, 3.8) is 0 Å². The number of thiocyanates is 1. The van der Waals surface area contributed by atoms with Gasteiger partial charge in [-0.15, -0.1) is 0 Å². The molecule has 1 N–H and O–H groups in total. The zero-order chi connectivity index (χ0) is 10.3. The minimum absolute atomic E-state index is 0.510. The van der Waals surface area contributed by atoms with Crippen LogP contribution < -0.4 is 5.32 Å². The van der Waals surface area contributed by atoms with E-state index in [9.17, 15) is 0 Å². The lowest BCUT2D eigenvalue weighted by Gasteiger charge is -2.29. The molecule has 2 heterocycles. The lowest BCUT2D eigenvalue weighted by atomic mass is 9.85. The number of rotatable bonds is 1. The summed E-state index contributed by atoms with van der Waals surface area (Å²) in [6.45, 7) is 1.03. The summed E-state index contributed by atoms with van der Waals surface area (Å²) in [6.07, 6.45) is 7.95. The largest absolute Gasteiger partial charge is 0.384 e. The molecule has 0 bridgehead atoms. The van der Waals surface area contributed by atoms with Gasteiger partial charge < -0.3 is 9.62 Å². The maximum absolute atomic E-state index is 8.77. The van der Waals surface area contributed by atoms with Gasteiger partial charge in [-0.25, -0.2) is 0 Å². The van der Waals surface area contributed by atoms with Crippen LogP contribution in [0.3, 0.4) is 0 Å². The molecule has 0 amide bonds. The molecule has 3 rings (SSSR count). The molecule has 0 saturated carbocycles. The van der Waals surface area contributed by atoms with E-state index in [1.807, 2.05) is 6.20 Å². The van der Waals surface area contributed by atoms with Crippen LogP contribution in [0, 0.1) is 16.6 Å². The summed E-state index contributed by atoms with van der Waals surface area (Å²) in [5.41, 5.74) is 2.84. The van der Waals surface area contributed by atoms with Gasteiger partial charge in [-0.3, -0.25) is 0 Å². The van der Waals surface area contributed by atoms with Gasteiger partial charge >= 0.3 is 0 Å². The van der Waals surface area contributed by atoms with Crippen molar-refractivity contribution in [1.82, 2.24) is 9.62 Å². The summed E-state index contributed by atoms with van der Waals surface area (Å²) in [7, 11) is 0. The van der Waals surface area contributed by atoms with Gasteiger partial charge in [0.2, 0.25) is 0 Å². The van der Waals surface area contributed by atoms with Crippen LogP contribution >= 0.6 is 11.9 Å². The highest BCUT2D eigenvalue weighted by Crippen LogP contribution is 2.43. The number of hydrogen-bond acceptors (Lipinski definition) is 4. The van der Waals surface area contributed by atoms with Gasteiger partial charge in [0.25, 0.3) is 0 Å². The highest BCUT2D eigenvalue weighted by Gasteiger charge is 2.37. The Kier molecular flexibility index (Phi) is 2.14. The molecule has 15 heavy (non-hydrogen) atoms. The van der Waals surface area contributed by atoms with Gasteiger partial charge in [-0.1, -0.05) is 0 Å². The monoisotopic (exact) mass is 219 g/mol. The molecule has 2 unspecified atom stereocenters. The summed E-state index contributed by atoms with van der Waals surface area (Å²) < 4.78 is 2.18. The third kappa shape index (κ3) is 1.34. The summed E-state index contributed by atoms with van der Waals surface area (Å²) >= 11 is 1.29. The summed E-state index contributed by atoms with van der Waals surface area (Å²) in [6, 6.07) is 0.510. The Hall–Kier alpha value is -1.08. The van der Waals surface area contributed by atoms with Crippen molar-refractivity contribution in [3.05, 3.63) is 23.5 Å². The second-order valence-electron chi connectivity index (χ2n) is 4.24. The van der Waals surface area contributed by atoms with Crippen LogP contribution in [0.5, 0.6) is 0 Å². The number of fused-ring (bicyclic) bond motifs is 2. The summed E-state index contributed by atoms with van der Waals surface area (Å²) in [5, 5.41) is 14.3. The van der Waals surface area contributed by atoms with Gasteiger partial charge in [0, 0.05) is 18.2 Å². The highest BCUT2D eigenvalue weighted by molar-refractivity contribution is 8.01. The Morgan fingerprint density at radius 3 is 3.27 bits per heavy atom. The van der Waals surface area contributed by atoms with E-state index in [0.717, 1.165) is 6.54 Å². The minimum atomic E-state index is 0.510. The molecule has 2 aliphatic heterocycles. The average molecular weight is 219 g/mol. The van der Waals surface area contributed by atoms with E-state index in [4.69, 9.17) is 5.26 Å². The van der Waals surface area contributed by atoms with Crippen molar-refractivity contribution in [2.45, 2.75) is 25.3 Å². The quantitative estimate of drug-likeness (QED) is 0.540. The zero-order valence-corrected chi connectivity index (χ0v) is 9.26. The van der Waals surface area contributed by atoms with E-state index >= 15 is 0 Å². The predicted octanol–water partition coefficient (Wildman–Crippen LogP) is 1.97. The number of allylic oxidation sites excluding steroid dienone is 1. The molecule has 1 aliphatic carbocycles. The molecule has 0 aromatic carbocycles. The first-order chi connectivity index (χ1) is 7.40. The van der Waals surface area contributed by atoms with Crippen molar-refractivity contribution in [2.75, 3.05) is 6.54 Å². The second-order valence-corrected chi connectivity index (χ2v) is 5.05. The number of nitrogens with zero attached hydrogens (tertiary/aromatic N) is 2. The van der Waals surface area contributed by atoms with Crippen molar-refractivity contribution in [3.8, 4) is 5.40 Å². The van der Waals surface area contributed by atoms with Gasteiger partial charge in [0.05, 0.1) is 18.0 Å². The van der Waals surface area contributed by atoms with Crippen molar-refractivity contribution < 1.29 is 0 Å². The van der Waals surface area contributed by atoms with Gasteiger partial charge in [-0.05, 0) is 37.1 Å². The van der Waals surface area contributed by atoms with Crippen molar-refractivity contribution in [2.24, 2.45) is 5.92 Å². The van der Waals surface area contributed by atoms with Crippen LogP contribution in [0.25, 0.3) is 0 Å². The lowest BCUT2D eigenvalue weighted by molar-refractivity contribution is 0.462. The highest BCUT2D eigenvalue weighted by atomic mass is 32.2. The van der Waals surface area contributed by atoms with Crippen molar-refractivity contribution in [1.29, 1.82) is 5.26 Å². The topological polar surface area (TPSA) is 39.1 Å². The van der Waals surface area contributed by atoms with Gasteiger partial charge in [0.15, 0.2) is 5.40 Å². The summed E-state index contributed by atoms with van der Waals surface area (Å²) in [4.78, 5) is 0. The Bertz CT molecular complexity index is 380. The Morgan fingerprint density at radius 1 is 1.47 bits per heavy atom. The maximum atomic E-state index is 8.77. The average Bonchev–Trinajstić information content (AvgIpc) is 2.83. The fourth-order valence-electron chi connectivity index (χ4n) is 2.87. The van der Waals surface area contributed by atoms with Crippen LogP contribution in [0.1, 0.15) is 19.3 Å². The Labute approximate surface area is 94.0 Å². The van der Waals surface area contributed by atoms with E-state index in [0.29, 0.717) is 12.0 Å². The van der Waals surface area contributed by atoms with E-state index in [1.54, 1.807) is 0 Å². The molecular weight excluding hydrogens is 206 g/mol. The molecule has 4 heteroatoms. The molecule has 78 valence electrons. The molecule has 0 radical (unpaired) electrons. The molecule has 1 fully saturated rings. The predicted molar refractivity (Wildman–Crippen MR) is 60.3 cm³/mol.